The third kappa shape index (κ3) is 3.69. The van der Waals surface area contributed by atoms with E-state index in [1.54, 1.807) is 0 Å². The van der Waals surface area contributed by atoms with E-state index in [0.717, 1.165) is 45.7 Å². The van der Waals surface area contributed by atoms with E-state index in [-0.39, 0.29) is 0 Å². The summed E-state index contributed by atoms with van der Waals surface area (Å²) in [6.45, 7) is 6.43. The van der Waals surface area contributed by atoms with E-state index >= 15 is 0 Å². The second-order valence-electron chi connectivity index (χ2n) is 6.54. The maximum Gasteiger partial charge on any atom is 0.323 e. The number of likely N-dealkylation sites (N-methyl/N-ethyl adjacent to an activating group) is 1. The summed E-state index contributed by atoms with van der Waals surface area (Å²) in [4.78, 5) is 18.3. The number of hydrogen-bond acceptors (Lipinski definition) is 5. The zero-order valence-electron chi connectivity index (χ0n) is 12.7. The van der Waals surface area contributed by atoms with Gasteiger partial charge in [0.1, 0.15) is 5.54 Å². The van der Waals surface area contributed by atoms with Gasteiger partial charge in [-0.2, -0.15) is 0 Å². The number of carboxylic acid groups (broad SMARTS) is 1. The molecule has 6 nitrogen and oxygen atoms in total. The van der Waals surface area contributed by atoms with E-state index in [4.69, 9.17) is 5.73 Å². The Bertz CT molecular complexity index is 342. The molecule has 2 atom stereocenters. The molecule has 1 heterocycles. The zero-order chi connectivity index (χ0) is 14.8. The Labute approximate surface area is 121 Å². The molecule has 1 saturated carbocycles. The predicted octanol–water partition coefficient (Wildman–Crippen LogP) is -0.500. The molecule has 116 valence electrons. The number of nitrogens with zero attached hydrogens (tertiary/aromatic N) is 3. The van der Waals surface area contributed by atoms with E-state index in [1.807, 2.05) is 0 Å². The highest BCUT2D eigenvalue weighted by Gasteiger charge is 2.44. The summed E-state index contributed by atoms with van der Waals surface area (Å²) < 4.78 is 0. The summed E-state index contributed by atoms with van der Waals surface area (Å²) in [6, 6.07) is 0.354. The van der Waals surface area contributed by atoms with Gasteiger partial charge >= 0.3 is 5.97 Å². The Morgan fingerprint density at radius 3 is 2.50 bits per heavy atom. The predicted molar refractivity (Wildman–Crippen MR) is 78.8 cm³/mol. The lowest BCUT2D eigenvalue weighted by Gasteiger charge is -2.38. The molecule has 0 amide bonds. The molecule has 2 rings (SSSR count). The van der Waals surface area contributed by atoms with Crippen molar-refractivity contribution in [2.75, 3.05) is 53.4 Å². The van der Waals surface area contributed by atoms with Crippen molar-refractivity contribution in [1.29, 1.82) is 0 Å². The summed E-state index contributed by atoms with van der Waals surface area (Å²) in [6.07, 6.45) is 2.12. The molecule has 6 heteroatoms. The van der Waals surface area contributed by atoms with Gasteiger partial charge in [-0.3, -0.25) is 14.6 Å². The van der Waals surface area contributed by atoms with Crippen LogP contribution in [0.5, 0.6) is 0 Å². The SMILES string of the molecule is CN(C)CCN1CCN(C2CCC(N)(C(=O)O)C2)CC1. The van der Waals surface area contributed by atoms with Crippen molar-refractivity contribution in [1.82, 2.24) is 14.7 Å². The largest absolute Gasteiger partial charge is 0.480 e. The smallest absolute Gasteiger partial charge is 0.323 e. The second kappa shape index (κ2) is 6.39. The van der Waals surface area contributed by atoms with Crippen LogP contribution in [-0.4, -0.2) is 90.7 Å². The third-order valence-electron chi connectivity index (χ3n) is 4.74. The summed E-state index contributed by atoms with van der Waals surface area (Å²) in [5.41, 5.74) is 4.97. The van der Waals surface area contributed by atoms with E-state index in [0.29, 0.717) is 18.9 Å². The fraction of sp³-hybridized carbons (Fsp3) is 0.929. The summed E-state index contributed by atoms with van der Waals surface area (Å²) in [7, 11) is 4.20. The van der Waals surface area contributed by atoms with Gasteiger partial charge in [0, 0.05) is 45.3 Å². The van der Waals surface area contributed by atoms with Crippen molar-refractivity contribution in [3.8, 4) is 0 Å². The quantitative estimate of drug-likeness (QED) is 0.709. The molecule has 2 aliphatic rings. The average Bonchev–Trinajstić information content (AvgIpc) is 2.81. The number of rotatable bonds is 5. The van der Waals surface area contributed by atoms with Crippen LogP contribution >= 0.6 is 0 Å². The van der Waals surface area contributed by atoms with Gasteiger partial charge < -0.3 is 15.7 Å². The molecule has 1 saturated heterocycles. The Morgan fingerprint density at radius 2 is 2.00 bits per heavy atom. The van der Waals surface area contributed by atoms with Crippen molar-refractivity contribution in [3.05, 3.63) is 0 Å². The van der Waals surface area contributed by atoms with Crippen molar-refractivity contribution >= 4 is 5.97 Å². The monoisotopic (exact) mass is 284 g/mol. The zero-order valence-corrected chi connectivity index (χ0v) is 12.7. The highest BCUT2D eigenvalue weighted by Crippen LogP contribution is 2.31. The summed E-state index contributed by atoms with van der Waals surface area (Å²) in [5, 5.41) is 9.20. The van der Waals surface area contributed by atoms with Gasteiger partial charge in [0.2, 0.25) is 0 Å². The molecule has 0 radical (unpaired) electrons. The molecule has 2 unspecified atom stereocenters. The topological polar surface area (TPSA) is 73.0 Å². The van der Waals surface area contributed by atoms with Crippen LogP contribution in [0.2, 0.25) is 0 Å². The van der Waals surface area contributed by atoms with Gasteiger partial charge in [-0.25, -0.2) is 0 Å². The highest BCUT2D eigenvalue weighted by atomic mass is 16.4. The Hall–Kier alpha value is -0.690. The molecule has 1 aliphatic carbocycles. The van der Waals surface area contributed by atoms with Gasteiger partial charge in [0.25, 0.3) is 0 Å². The number of carboxylic acids is 1. The van der Waals surface area contributed by atoms with E-state index in [9.17, 15) is 9.90 Å². The highest BCUT2D eigenvalue weighted by molar-refractivity contribution is 5.79. The number of carbonyl (C=O) groups is 1. The summed E-state index contributed by atoms with van der Waals surface area (Å²) >= 11 is 0. The molecule has 2 fully saturated rings. The second-order valence-corrected chi connectivity index (χ2v) is 6.54. The number of nitrogens with two attached hydrogens (primary N) is 1. The summed E-state index contributed by atoms with van der Waals surface area (Å²) in [5.74, 6) is -0.843. The van der Waals surface area contributed by atoms with E-state index in [1.165, 1.54) is 0 Å². The third-order valence-corrected chi connectivity index (χ3v) is 4.74. The fourth-order valence-corrected chi connectivity index (χ4v) is 3.25. The van der Waals surface area contributed by atoms with E-state index < -0.39 is 11.5 Å². The minimum Gasteiger partial charge on any atom is -0.480 e. The van der Waals surface area contributed by atoms with Gasteiger partial charge in [-0.15, -0.1) is 0 Å². The number of piperazine rings is 1. The normalized spacial score (nSPS) is 32.9. The molecule has 0 aromatic heterocycles. The van der Waals surface area contributed by atoms with E-state index in [2.05, 4.69) is 28.8 Å². The van der Waals surface area contributed by atoms with Crippen molar-refractivity contribution < 1.29 is 9.90 Å². The van der Waals surface area contributed by atoms with Crippen molar-refractivity contribution in [3.63, 3.8) is 0 Å². The Balaban J connectivity index is 1.76. The first-order valence-corrected chi connectivity index (χ1v) is 7.54. The van der Waals surface area contributed by atoms with Crippen LogP contribution < -0.4 is 5.73 Å². The lowest BCUT2D eigenvalue weighted by molar-refractivity contribution is -0.143. The minimum absolute atomic E-state index is 0.354. The average molecular weight is 284 g/mol. The Kier molecular flexibility index (Phi) is 5.01. The first-order valence-electron chi connectivity index (χ1n) is 7.54. The van der Waals surface area contributed by atoms with Crippen LogP contribution in [0.4, 0.5) is 0 Å². The molecule has 20 heavy (non-hydrogen) atoms. The van der Waals surface area contributed by atoms with Gasteiger partial charge in [0.05, 0.1) is 0 Å². The van der Waals surface area contributed by atoms with Crippen LogP contribution in [0, 0.1) is 0 Å². The maximum absolute atomic E-state index is 11.2. The van der Waals surface area contributed by atoms with Crippen LogP contribution in [0.15, 0.2) is 0 Å². The van der Waals surface area contributed by atoms with Gasteiger partial charge in [-0.05, 0) is 33.4 Å². The van der Waals surface area contributed by atoms with Gasteiger partial charge in [-0.1, -0.05) is 0 Å². The van der Waals surface area contributed by atoms with Crippen LogP contribution in [0.3, 0.4) is 0 Å². The van der Waals surface area contributed by atoms with Crippen molar-refractivity contribution in [2.45, 2.75) is 30.8 Å². The standard InChI is InChI=1S/C14H28N4O2/c1-16(2)5-6-17-7-9-18(10-8-17)12-3-4-14(15,11-12)13(19)20/h12H,3-11,15H2,1-2H3,(H,19,20). The molecule has 3 N–H and O–H groups in total. The maximum atomic E-state index is 11.2. The number of hydrogen-bond donors (Lipinski definition) is 2. The van der Waals surface area contributed by atoms with Crippen LogP contribution in [-0.2, 0) is 4.79 Å². The molecule has 0 aromatic carbocycles. The minimum atomic E-state index is -0.993. The molecular formula is C14H28N4O2. The lowest BCUT2D eigenvalue weighted by atomic mass is 9.99. The Morgan fingerprint density at radius 1 is 1.35 bits per heavy atom. The van der Waals surface area contributed by atoms with Gasteiger partial charge in [0.15, 0.2) is 0 Å². The lowest BCUT2D eigenvalue weighted by Crippen LogP contribution is -2.52. The fourth-order valence-electron chi connectivity index (χ4n) is 3.25. The van der Waals surface area contributed by atoms with Crippen LogP contribution in [0.1, 0.15) is 19.3 Å². The molecule has 1 aliphatic heterocycles. The first-order chi connectivity index (χ1) is 9.40. The van der Waals surface area contributed by atoms with Crippen molar-refractivity contribution in [2.24, 2.45) is 5.73 Å². The molecule has 0 bridgehead atoms. The molecular weight excluding hydrogens is 256 g/mol. The molecule has 0 aromatic rings. The molecule has 0 spiro atoms. The number of aliphatic carboxylic acids is 1. The first kappa shape index (κ1) is 15.7. The van der Waals surface area contributed by atoms with Crippen LogP contribution in [0.25, 0.3) is 0 Å².